The molecule has 7 heteroatoms. The Kier molecular flexibility index (Phi) is 4.22. The Morgan fingerprint density at radius 2 is 2.09 bits per heavy atom. The predicted octanol–water partition coefficient (Wildman–Crippen LogP) is 0.963. The first-order valence-electron chi connectivity index (χ1n) is 6.97. The molecule has 0 bridgehead atoms. The van der Waals surface area contributed by atoms with Crippen molar-refractivity contribution in [3.63, 3.8) is 0 Å². The molecule has 0 spiro atoms. The highest BCUT2D eigenvalue weighted by molar-refractivity contribution is 7.92. The second kappa shape index (κ2) is 5.54. The lowest BCUT2D eigenvalue weighted by molar-refractivity contribution is -0.145. The van der Waals surface area contributed by atoms with E-state index in [2.05, 4.69) is 5.32 Å². The zero-order chi connectivity index (χ0) is 16.6. The van der Waals surface area contributed by atoms with Gasteiger partial charge in [0.15, 0.2) is 15.6 Å². The number of sulfone groups is 1. The molecule has 0 amide bonds. The number of benzene rings is 1. The molecule has 0 aliphatic carbocycles. The van der Waals surface area contributed by atoms with E-state index in [0.717, 1.165) is 5.56 Å². The summed E-state index contributed by atoms with van der Waals surface area (Å²) in [5, 5.41) is 21.2. The zero-order valence-corrected chi connectivity index (χ0v) is 13.6. The molecule has 2 rings (SSSR count). The molecule has 0 aromatic heterocycles. The van der Waals surface area contributed by atoms with Crippen LogP contribution >= 0.6 is 0 Å². The van der Waals surface area contributed by atoms with Gasteiger partial charge in [0.2, 0.25) is 0 Å². The number of hydrogen-bond acceptors (Lipinski definition) is 6. The quantitative estimate of drug-likeness (QED) is 0.800. The third-order valence-electron chi connectivity index (χ3n) is 4.07. The summed E-state index contributed by atoms with van der Waals surface area (Å²) in [6, 6.07) is 9.00. The van der Waals surface area contributed by atoms with Crippen molar-refractivity contribution >= 4 is 9.84 Å². The van der Waals surface area contributed by atoms with E-state index in [9.17, 15) is 13.5 Å². The minimum Gasteiger partial charge on any atom is -0.483 e. The number of hydrogen-bond donors (Lipinski definition) is 2. The van der Waals surface area contributed by atoms with Crippen LogP contribution in [0.4, 0.5) is 0 Å². The maximum absolute atomic E-state index is 12.0. The fraction of sp³-hybridized carbons (Fsp3) is 0.533. The Morgan fingerprint density at radius 1 is 1.45 bits per heavy atom. The van der Waals surface area contributed by atoms with Gasteiger partial charge in [-0.1, -0.05) is 18.2 Å². The number of fused-ring (bicyclic) bond motifs is 1. The first kappa shape index (κ1) is 16.7. The van der Waals surface area contributed by atoms with Crippen molar-refractivity contribution in [3.8, 4) is 11.8 Å². The van der Waals surface area contributed by atoms with Crippen LogP contribution in [0.15, 0.2) is 24.3 Å². The van der Waals surface area contributed by atoms with Crippen molar-refractivity contribution in [3.05, 3.63) is 29.8 Å². The topological polar surface area (TPSA) is 99.4 Å². The van der Waals surface area contributed by atoms with E-state index >= 15 is 0 Å². The van der Waals surface area contributed by atoms with E-state index in [1.165, 1.54) is 6.92 Å². The van der Waals surface area contributed by atoms with Crippen molar-refractivity contribution in [2.45, 2.75) is 43.8 Å². The van der Waals surface area contributed by atoms with Gasteiger partial charge in [0, 0.05) is 6.42 Å². The monoisotopic (exact) mass is 324 g/mol. The van der Waals surface area contributed by atoms with Crippen molar-refractivity contribution in [2.75, 3.05) is 5.88 Å². The Bertz CT molecular complexity index is 708. The van der Waals surface area contributed by atoms with Gasteiger partial charge >= 0.3 is 0 Å². The van der Waals surface area contributed by atoms with Crippen LogP contribution < -0.4 is 10.1 Å². The SMILES string of the molecule is CC(C#N)S(=O)(=O)CNC1(O)Cc2ccccc2OC1(C)C. The van der Waals surface area contributed by atoms with Gasteiger partial charge in [-0.15, -0.1) is 0 Å². The van der Waals surface area contributed by atoms with Crippen molar-refractivity contribution in [1.82, 2.24) is 5.32 Å². The number of para-hydroxylation sites is 1. The highest BCUT2D eigenvalue weighted by Gasteiger charge is 2.49. The molecule has 1 aliphatic heterocycles. The summed E-state index contributed by atoms with van der Waals surface area (Å²) in [6.45, 7) is 4.70. The summed E-state index contributed by atoms with van der Waals surface area (Å²) < 4.78 is 29.7. The summed E-state index contributed by atoms with van der Waals surface area (Å²) in [5.74, 6) is 0.180. The Labute approximate surface area is 130 Å². The number of ether oxygens (including phenoxy) is 1. The molecule has 6 nitrogen and oxygen atoms in total. The molecule has 0 radical (unpaired) electrons. The Morgan fingerprint density at radius 3 is 2.73 bits per heavy atom. The van der Waals surface area contributed by atoms with E-state index in [4.69, 9.17) is 10.00 Å². The number of nitrogens with zero attached hydrogens (tertiary/aromatic N) is 1. The fourth-order valence-electron chi connectivity index (χ4n) is 2.30. The number of aliphatic hydroxyl groups is 1. The highest BCUT2D eigenvalue weighted by Crippen LogP contribution is 2.38. The Balaban J connectivity index is 2.25. The lowest BCUT2D eigenvalue weighted by Gasteiger charge is -2.47. The van der Waals surface area contributed by atoms with Crippen LogP contribution in [0.25, 0.3) is 0 Å². The lowest BCUT2D eigenvalue weighted by Crippen LogP contribution is -2.66. The van der Waals surface area contributed by atoms with Crippen LogP contribution in [0.5, 0.6) is 5.75 Å². The number of nitrogens with one attached hydrogen (secondary N) is 1. The molecule has 1 aliphatic rings. The smallest absolute Gasteiger partial charge is 0.179 e. The van der Waals surface area contributed by atoms with Gasteiger partial charge in [0.05, 0.1) is 6.07 Å². The molecule has 1 aromatic carbocycles. The summed E-state index contributed by atoms with van der Waals surface area (Å²) in [7, 11) is -3.66. The molecule has 2 atom stereocenters. The molecule has 0 saturated heterocycles. The van der Waals surface area contributed by atoms with Gasteiger partial charge in [-0.25, -0.2) is 8.42 Å². The average Bonchev–Trinajstić information content (AvgIpc) is 2.45. The van der Waals surface area contributed by atoms with Gasteiger partial charge in [0.1, 0.15) is 22.5 Å². The summed E-state index contributed by atoms with van der Waals surface area (Å²) in [4.78, 5) is 0. The van der Waals surface area contributed by atoms with Crippen LogP contribution in [-0.4, -0.2) is 36.0 Å². The molecule has 2 unspecified atom stereocenters. The molecule has 2 N–H and O–H groups in total. The van der Waals surface area contributed by atoms with Crippen LogP contribution in [0.1, 0.15) is 26.3 Å². The molecular weight excluding hydrogens is 304 g/mol. The molecule has 0 fully saturated rings. The first-order valence-corrected chi connectivity index (χ1v) is 8.68. The number of nitriles is 1. The normalized spacial score (nSPS) is 24.7. The van der Waals surface area contributed by atoms with E-state index in [-0.39, 0.29) is 6.42 Å². The molecule has 1 heterocycles. The van der Waals surface area contributed by atoms with Crippen LogP contribution in [-0.2, 0) is 16.3 Å². The average molecular weight is 324 g/mol. The Hall–Kier alpha value is -1.62. The summed E-state index contributed by atoms with van der Waals surface area (Å²) >= 11 is 0. The van der Waals surface area contributed by atoms with Crippen molar-refractivity contribution in [2.24, 2.45) is 0 Å². The summed E-state index contributed by atoms with van der Waals surface area (Å²) in [5.41, 5.74) is -1.78. The van der Waals surface area contributed by atoms with Crippen molar-refractivity contribution < 1.29 is 18.3 Å². The van der Waals surface area contributed by atoms with Gasteiger partial charge in [-0.3, -0.25) is 5.32 Å². The maximum Gasteiger partial charge on any atom is 0.179 e. The van der Waals surface area contributed by atoms with Crippen LogP contribution in [0.3, 0.4) is 0 Å². The number of rotatable bonds is 4. The summed E-state index contributed by atoms with van der Waals surface area (Å²) in [6.07, 6.45) is 0.215. The highest BCUT2D eigenvalue weighted by atomic mass is 32.2. The second-order valence-electron chi connectivity index (χ2n) is 6.01. The molecule has 120 valence electrons. The molecule has 22 heavy (non-hydrogen) atoms. The maximum atomic E-state index is 12.0. The van der Waals surface area contributed by atoms with E-state index in [1.54, 1.807) is 19.9 Å². The first-order chi connectivity index (χ1) is 10.1. The standard InChI is InChI=1S/C15H20N2O4S/c1-11(9-16)22(19,20)10-17-15(18)8-12-6-4-5-7-13(12)21-14(15,2)3/h4-7,11,17-18H,8,10H2,1-3H3. The van der Waals surface area contributed by atoms with E-state index in [1.807, 2.05) is 24.3 Å². The van der Waals surface area contributed by atoms with E-state index in [0.29, 0.717) is 5.75 Å². The van der Waals surface area contributed by atoms with Crippen molar-refractivity contribution in [1.29, 1.82) is 5.26 Å². The molecular formula is C15H20N2O4S. The van der Waals surface area contributed by atoms with Crippen LogP contribution in [0, 0.1) is 11.3 Å². The predicted molar refractivity (Wildman–Crippen MR) is 81.8 cm³/mol. The zero-order valence-electron chi connectivity index (χ0n) is 12.8. The van der Waals surface area contributed by atoms with E-state index < -0.39 is 32.3 Å². The molecule has 1 aromatic rings. The minimum absolute atomic E-state index is 0.215. The largest absolute Gasteiger partial charge is 0.483 e. The van der Waals surface area contributed by atoms with Crippen LogP contribution in [0.2, 0.25) is 0 Å². The minimum atomic E-state index is -3.66. The fourth-order valence-corrected chi connectivity index (χ4v) is 3.15. The third-order valence-corrected chi connectivity index (χ3v) is 5.80. The van der Waals surface area contributed by atoms with Gasteiger partial charge in [-0.2, -0.15) is 5.26 Å². The van der Waals surface area contributed by atoms with Gasteiger partial charge in [0.25, 0.3) is 0 Å². The third kappa shape index (κ3) is 2.95. The lowest BCUT2D eigenvalue weighted by atomic mass is 9.85. The second-order valence-corrected chi connectivity index (χ2v) is 8.33. The van der Waals surface area contributed by atoms with Gasteiger partial charge < -0.3 is 9.84 Å². The van der Waals surface area contributed by atoms with Gasteiger partial charge in [-0.05, 0) is 32.4 Å². The molecule has 0 saturated carbocycles.